The van der Waals surface area contributed by atoms with Crippen LogP contribution in [-0.4, -0.2) is 19.1 Å². The first-order chi connectivity index (χ1) is 8.58. The molecule has 3 nitrogen and oxygen atoms in total. The van der Waals surface area contributed by atoms with Gasteiger partial charge in [0.2, 0.25) is 5.91 Å². The first kappa shape index (κ1) is 14.7. The molecule has 0 fully saturated rings. The van der Waals surface area contributed by atoms with Gasteiger partial charge in [0.05, 0.1) is 6.61 Å². The summed E-state index contributed by atoms with van der Waals surface area (Å²) in [7, 11) is 0. The van der Waals surface area contributed by atoms with Gasteiger partial charge in [0.1, 0.15) is 11.6 Å². The van der Waals surface area contributed by atoms with Crippen LogP contribution in [0.15, 0.2) is 35.3 Å². The highest BCUT2D eigenvalue weighted by atomic mass is 79.9. The fraction of sp³-hybridized carbons (Fsp3) is 0.308. The van der Waals surface area contributed by atoms with Crippen molar-refractivity contribution in [2.24, 2.45) is 0 Å². The summed E-state index contributed by atoms with van der Waals surface area (Å²) < 4.78 is 18.7. The van der Waals surface area contributed by atoms with Gasteiger partial charge in [-0.3, -0.25) is 4.79 Å². The van der Waals surface area contributed by atoms with Crippen molar-refractivity contribution >= 4 is 21.8 Å². The van der Waals surface area contributed by atoms with E-state index < -0.39 is 0 Å². The van der Waals surface area contributed by atoms with Crippen LogP contribution in [0.4, 0.5) is 4.39 Å². The maximum absolute atomic E-state index is 12.6. The van der Waals surface area contributed by atoms with E-state index in [1.54, 1.807) is 12.1 Å². The fourth-order valence-electron chi connectivity index (χ4n) is 1.24. The fourth-order valence-corrected chi connectivity index (χ4v) is 1.38. The van der Waals surface area contributed by atoms with Crippen LogP contribution >= 0.6 is 15.9 Å². The maximum atomic E-state index is 12.6. The molecule has 0 saturated carbocycles. The van der Waals surface area contributed by atoms with Gasteiger partial charge in [-0.15, -0.1) is 0 Å². The van der Waals surface area contributed by atoms with Crippen LogP contribution in [0.1, 0.15) is 12.8 Å². The molecule has 0 aliphatic heterocycles. The molecule has 98 valence electrons. The maximum Gasteiger partial charge on any atom is 0.220 e. The largest absolute Gasteiger partial charge is 0.494 e. The Morgan fingerprint density at radius 1 is 1.39 bits per heavy atom. The molecule has 0 unspecified atom stereocenters. The lowest BCUT2D eigenvalue weighted by atomic mass is 10.3. The second kappa shape index (κ2) is 7.87. The van der Waals surface area contributed by atoms with E-state index in [1.165, 1.54) is 12.1 Å². The summed E-state index contributed by atoms with van der Waals surface area (Å²) in [5, 5.41) is 2.70. The molecule has 0 aliphatic carbocycles. The number of nitrogens with one attached hydrogen (secondary N) is 1. The Hall–Kier alpha value is -1.36. The number of carbonyl (C=O) groups is 1. The molecule has 1 aromatic rings. The molecule has 1 amide bonds. The van der Waals surface area contributed by atoms with Crippen molar-refractivity contribution in [3.8, 4) is 5.75 Å². The molecule has 0 aliphatic rings. The zero-order valence-corrected chi connectivity index (χ0v) is 11.5. The summed E-state index contributed by atoms with van der Waals surface area (Å²) in [4.78, 5) is 11.3. The van der Waals surface area contributed by atoms with Crippen molar-refractivity contribution in [2.45, 2.75) is 12.8 Å². The highest BCUT2D eigenvalue weighted by Gasteiger charge is 2.01. The molecule has 1 rings (SSSR count). The highest BCUT2D eigenvalue weighted by molar-refractivity contribution is 9.11. The molecule has 5 heteroatoms. The Balaban J connectivity index is 2.13. The van der Waals surface area contributed by atoms with Crippen molar-refractivity contribution in [2.75, 3.05) is 13.2 Å². The topological polar surface area (TPSA) is 38.3 Å². The van der Waals surface area contributed by atoms with Crippen LogP contribution in [0.25, 0.3) is 0 Å². The summed E-state index contributed by atoms with van der Waals surface area (Å²) in [6, 6.07) is 5.79. The molecule has 0 heterocycles. The van der Waals surface area contributed by atoms with Crippen LogP contribution in [0.2, 0.25) is 0 Å². The molecule has 0 radical (unpaired) electrons. The monoisotopic (exact) mass is 315 g/mol. The molecule has 0 aromatic heterocycles. The highest BCUT2D eigenvalue weighted by Crippen LogP contribution is 2.11. The van der Waals surface area contributed by atoms with Crippen molar-refractivity contribution in [3.63, 3.8) is 0 Å². The summed E-state index contributed by atoms with van der Waals surface area (Å²) in [6.45, 7) is 4.47. The van der Waals surface area contributed by atoms with E-state index in [2.05, 4.69) is 27.8 Å². The number of rotatable bonds is 7. The van der Waals surface area contributed by atoms with E-state index >= 15 is 0 Å². The minimum Gasteiger partial charge on any atom is -0.494 e. The van der Waals surface area contributed by atoms with E-state index in [9.17, 15) is 9.18 Å². The molecule has 1 N–H and O–H groups in total. The van der Waals surface area contributed by atoms with Gasteiger partial charge in [0.15, 0.2) is 0 Å². The molecular weight excluding hydrogens is 301 g/mol. The van der Waals surface area contributed by atoms with E-state index in [0.717, 1.165) is 4.48 Å². The predicted molar refractivity (Wildman–Crippen MR) is 72.2 cm³/mol. The number of hydrogen-bond donors (Lipinski definition) is 1. The molecule has 0 spiro atoms. The van der Waals surface area contributed by atoms with Gasteiger partial charge >= 0.3 is 0 Å². The predicted octanol–water partition coefficient (Wildman–Crippen LogP) is 3.01. The second-order valence-electron chi connectivity index (χ2n) is 3.70. The van der Waals surface area contributed by atoms with Crippen LogP contribution in [0.3, 0.4) is 0 Å². The zero-order valence-electron chi connectivity index (χ0n) is 9.92. The first-order valence-corrected chi connectivity index (χ1v) is 6.35. The lowest BCUT2D eigenvalue weighted by Gasteiger charge is -2.06. The van der Waals surface area contributed by atoms with Gasteiger partial charge in [-0.1, -0.05) is 22.5 Å². The van der Waals surface area contributed by atoms with Gasteiger partial charge in [0.25, 0.3) is 0 Å². The van der Waals surface area contributed by atoms with Crippen LogP contribution in [0, 0.1) is 5.82 Å². The number of carbonyl (C=O) groups excluding carboxylic acids is 1. The molecule has 18 heavy (non-hydrogen) atoms. The van der Waals surface area contributed by atoms with Crippen molar-refractivity contribution in [3.05, 3.63) is 41.1 Å². The third-order valence-corrected chi connectivity index (χ3v) is 2.39. The van der Waals surface area contributed by atoms with E-state index in [-0.39, 0.29) is 11.7 Å². The first-order valence-electron chi connectivity index (χ1n) is 5.56. The standard InChI is InChI=1S/C13H15BrFNO2/c1-10(14)9-16-13(17)3-2-8-18-12-6-4-11(15)5-7-12/h4-7H,1-3,8-9H2,(H,16,17). The number of amides is 1. The molecule has 1 aromatic carbocycles. The van der Waals surface area contributed by atoms with Crippen LogP contribution in [-0.2, 0) is 4.79 Å². The van der Waals surface area contributed by atoms with Crippen LogP contribution < -0.4 is 10.1 Å². The number of halogens is 2. The zero-order chi connectivity index (χ0) is 13.4. The lowest BCUT2D eigenvalue weighted by molar-refractivity contribution is -0.121. The van der Waals surface area contributed by atoms with Gasteiger partial charge in [-0.25, -0.2) is 4.39 Å². The second-order valence-corrected chi connectivity index (χ2v) is 4.82. The Morgan fingerprint density at radius 2 is 2.06 bits per heavy atom. The van der Waals surface area contributed by atoms with Crippen molar-refractivity contribution in [1.82, 2.24) is 5.32 Å². The van der Waals surface area contributed by atoms with Gasteiger partial charge in [0, 0.05) is 17.4 Å². The molecule has 0 saturated heterocycles. The third-order valence-electron chi connectivity index (χ3n) is 2.11. The normalized spacial score (nSPS) is 9.89. The molecular formula is C13H15BrFNO2. The summed E-state index contributed by atoms with van der Waals surface area (Å²) in [6.07, 6.45) is 0.999. The molecule has 0 atom stereocenters. The van der Waals surface area contributed by atoms with Gasteiger partial charge in [-0.2, -0.15) is 0 Å². The Labute approximate surface area is 114 Å². The van der Waals surface area contributed by atoms with E-state index in [1.807, 2.05) is 0 Å². The summed E-state index contributed by atoms with van der Waals surface area (Å²) in [5.41, 5.74) is 0. The average molecular weight is 316 g/mol. The van der Waals surface area contributed by atoms with Gasteiger partial charge < -0.3 is 10.1 Å². The lowest BCUT2D eigenvalue weighted by Crippen LogP contribution is -2.24. The average Bonchev–Trinajstić information content (AvgIpc) is 2.34. The Kier molecular flexibility index (Phi) is 6.43. The van der Waals surface area contributed by atoms with Crippen LogP contribution in [0.5, 0.6) is 5.75 Å². The van der Waals surface area contributed by atoms with Crippen molar-refractivity contribution in [1.29, 1.82) is 0 Å². The van der Waals surface area contributed by atoms with E-state index in [0.29, 0.717) is 31.7 Å². The minimum absolute atomic E-state index is 0.0432. The third kappa shape index (κ3) is 6.39. The minimum atomic E-state index is -0.295. The van der Waals surface area contributed by atoms with Crippen molar-refractivity contribution < 1.29 is 13.9 Å². The summed E-state index contributed by atoms with van der Waals surface area (Å²) >= 11 is 3.16. The van der Waals surface area contributed by atoms with Gasteiger partial charge in [-0.05, 0) is 30.7 Å². The number of hydrogen-bond acceptors (Lipinski definition) is 2. The Morgan fingerprint density at radius 3 is 2.67 bits per heavy atom. The summed E-state index contributed by atoms with van der Waals surface area (Å²) in [5.74, 6) is 0.265. The quantitative estimate of drug-likeness (QED) is 0.785. The number of ether oxygens (including phenoxy) is 1. The molecule has 0 bridgehead atoms. The Bertz CT molecular complexity index is 406. The SMILES string of the molecule is C=C(Br)CNC(=O)CCCOc1ccc(F)cc1. The number of benzene rings is 1. The van der Waals surface area contributed by atoms with E-state index in [4.69, 9.17) is 4.74 Å². The smallest absolute Gasteiger partial charge is 0.220 e.